The van der Waals surface area contributed by atoms with Crippen molar-refractivity contribution < 1.29 is 14.8 Å². The molecule has 4 heteroatoms. The number of hydrogen-bond acceptors (Lipinski definition) is 3. The quantitative estimate of drug-likeness (QED) is 0.763. The van der Waals surface area contributed by atoms with E-state index in [4.69, 9.17) is 0 Å². The molecule has 0 bridgehead atoms. The molecule has 100 valence electrons. The van der Waals surface area contributed by atoms with Crippen LogP contribution in [0.2, 0.25) is 0 Å². The Balaban J connectivity index is 2.37. The standard InChI is InChI=1S/C16H15BO3/c1-16(2)11-7-4-3-6-10(11)15(18)14-12(16)8-5-9-13(14)17(19)20/h3-9,19-20H,1-2H3. The fourth-order valence-corrected chi connectivity index (χ4v) is 3.07. The number of fused-ring (bicyclic) bond motifs is 2. The Hall–Kier alpha value is -1.91. The molecule has 2 aromatic rings. The Morgan fingerprint density at radius 1 is 0.950 bits per heavy atom. The Morgan fingerprint density at radius 2 is 1.60 bits per heavy atom. The van der Waals surface area contributed by atoms with E-state index in [2.05, 4.69) is 0 Å². The predicted octanol–water partition coefficient (Wildman–Crippen LogP) is 1.24. The summed E-state index contributed by atoms with van der Waals surface area (Å²) < 4.78 is 0. The third kappa shape index (κ3) is 1.65. The molecule has 0 aliphatic heterocycles. The Bertz CT molecular complexity index is 705. The molecule has 1 aliphatic carbocycles. The molecule has 0 saturated heterocycles. The predicted molar refractivity (Wildman–Crippen MR) is 78.3 cm³/mol. The lowest BCUT2D eigenvalue weighted by Crippen LogP contribution is -2.41. The molecule has 0 amide bonds. The lowest BCUT2D eigenvalue weighted by Gasteiger charge is -2.35. The van der Waals surface area contributed by atoms with Gasteiger partial charge in [0, 0.05) is 16.5 Å². The zero-order valence-electron chi connectivity index (χ0n) is 11.4. The van der Waals surface area contributed by atoms with Crippen molar-refractivity contribution in [2.24, 2.45) is 0 Å². The number of hydrogen-bond donors (Lipinski definition) is 2. The van der Waals surface area contributed by atoms with Gasteiger partial charge >= 0.3 is 7.12 Å². The van der Waals surface area contributed by atoms with E-state index in [0.717, 1.165) is 11.1 Å². The van der Waals surface area contributed by atoms with Gasteiger partial charge in [-0.05, 0) is 16.6 Å². The first-order valence-electron chi connectivity index (χ1n) is 6.58. The van der Waals surface area contributed by atoms with Crippen LogP contribution in [0.15, 0.2) is 42.5 Å². The highest BCUT2D eigenvalue weighted by Gasteiger charge is 2.38. The van der Waals surface area contributed by atoms with E-state index in [9.17, 15) is 14.8 Å². The van der Waals surface area contributed by atoms with Crippen molar-refractivity contribution in [3.63, 3.8) is 0 Å². The zero-order chi connectivity index (χ0) is 14.5. The monoisotopic (exact) mass is 266 g/mol. The van der Waals surface area contributed by atoms with Crippen molar-refractivity contribution in [1.29, 1.82) is 0 Å². The molecular formula is C16H15BO3. The molecule has 0 atom stereocenters. The van der Waals surface area contributed by atoms with E-state index < -0.39 is 7.12 Å². The minimum atomic E-state index is -1.64. The van der Waals surface area contributed by atoms with Crippen LogP contribution in [0, 0.1) is 0 Å². The van der Waals surface area contributed by atoms with Crippen LogP contribution in [0.5, 0.6) is 0 Å². The van der Waals surface area contributed by atoms with Crippen molar-refractivity contribution >= 4 is 18.4 Å². The van der Waals surface area contributed by atoms with Gasteiger partial charge in [0.05, 0.1) is 0 Å². The fraction of sp³-hybridized carbons (Fsp3) is 0.188. The highest BCUT2D eigenvalue weighted by Crippen LogP contribution is 2.40. The van der Waals surface area contributed by atoms with Crippen LogP contribution < -0.4 is 5.46 Å². The van der Waals surface area contributed by atoms with Crippen LogP contribution in [0.3, 0.4) is 0 Å². The summed E-state index contributed by atoms with van der Waals surface area (Å²) in [5.74, 6) is -0.140. The van der Waals surface area contributed by atoms with E-state index in [1.54, 1.807) is 18.2 Å². The molecule has 0 spiro atoms. The van der Waals surface area contributed by atoms with E-state index in [1.165, 1.54) is 0 Å². The van der Waals surface area contributed by atoms with Gasteiger partial charge in [-0.2, -0.15) is 0 Å². The molecule has 0 radical (unpaired) electrons. The maximum atomic E-state index is 12.7. The Labute approximate surface area is 118 Å². The summed E-state index contributed by atoms with van der Waals surface area (Å²) in [5.41, 5.74) is 2.80. The van der Waals surface area contributed by atoms with Crippen LogP contribution in [0.1, 0.15) is 40.9 Å². The summed E-state index contributed by atoms with van der Waals surface area (Å²) in [6, 6.07) is 12.7. The largest absolute Gasteiger partial charge is 0.489 e. The topological polar surface area (TPSA) is 57.5 Å². The molecule has 3 rings (SSSR count). The van der Waals surface area contributed by atoms with Gasteiger partial charge in [-0.1, -0.05) is 56.3 Å². The molecule has 2 N–H and O–H groups in total. The summed E-state index contributed by atoms with van der Waals surface area (Å²) in [7, 11) is -1.64. The normalized spacial score (nSPS) is 15.5. The van der Waals surface area contributed by atoms with E-state index in [0.29, 0.717) is 11.1 Å². The van der Waals surface area contributed by atoms with Crippen molar-refractivity contribution in [2.75, 3.05) is 0 Å². The number of rotatable bonds is 1. The van der Waals surface area contributed by atoms with Crippen LogP contribution in [-0.2, 0) is 5.41 Å². The first-order valence-corrected chi connectivity index (χ1v) is 6.58. The second-order valence-electron chi connectivity index (χ2n) is 5.64. The van der Waals surface area contributed by atoms with Crippen molar-refractivity contribution in [3.05, 3.63) is 64.7 Å². The SMILES string of the molecule is CC1(C)c2ccccc2C(=O)c2c(B(O)O)cccc21. The Morgan fingerprint density at radius 3 is 2.30 bits per heavy atom. The van der Waals surface area contributed by atoms with Gasteiger partial charge in [-0.15, -0.1) is 0 Å². The average Bonchev–Trinajstić information content (AvgIpc) is 2.44. The molecule has 0 saturated carbocycles. The van der Waals surface area contributed by atoms with Gasteiger partial charge in [0.2, 0.25) is 0 Å². The molecular weight excluding hydrogens is 251 g/mol. The summed E-state index contributed by atoms with van der Waals surface area (Å²) in [6.07, 6.45) is 0. The van der Waals surface area contributed by atoms with Crippen LogP contribution in [0.4, 0.5) is 0 Å². The van der Waals surface area contributed by atoms with E-state index in [-0.39, 0.29) is 16.7 Å². The van der Waals surface area contributed by atoms with Crippen molar-refractivity contribution in [3.8, 4) is 0 Å². The molecule has 3 nitrogen and oxygen atoms in total. The van der Waals surface area contributed by atoms with E-state index in [1.807, 2.05) is 38.1 Å². The van der Waals surface area contributed by atoms with Gasteiger partial charge in [-0.25, -0.2) is 0 Å². The second-order valence-corrected chi connectivity index (χ2v) is 5.64. The van der Waals surface area contributed by atoms with Gasteiger partial charge in [0.15, 0.2) is 5.78 Å². The zero-order valence-corrected chi connectivity index (χ0v) is 11.4. The van der Waals surface area contributed by atoms with Crippen molar-refractivity contribution in [2.45, 2.75) is 19.3 Å². The Kier molecular flexibility index (Phi) is 2.81. The molecule has 0 unspecified atom stereocenters. The molecule has 0 heterocycles. The molecule has 0 fully saturated rings. The van der Waals surface area contributed by atoms with Gasteiger partial charge in [-0.3, -0.25) is 4.79 Å². The summed E-state index contributed by atoms with van der Waals surface area (Å²) >= 11 is 0. The highest BCUT2D eigenvalue weighted by atomic mass is 16.4. The maximum Gasteiger partial charge on any atom is 0.489 e. The first-order chi connectivity index (χ1) is 9.44. The van der Waals surface area contributed by atoms with Gasteiger partial charge in [0.25, 0.3) is 0 Å². The number of ketones is 1. The summed E-state index contributed by atoms with van der Waals surface area (Å²) in [6.45, 7) is 4.09. The van der Waals surface area contributed by atoms with Crippen LogP contribution in [-0.4, -0.2) is 22.9 Å². The first kappa shape index (κ1) is 13.1. The average molecular weight is 266 g/mol. The third-order valence-electron chi connectivity index (χ3n) is 4.12. The van der Waals surface area contributed by atoms with Gasteiger partial charge in [0.1, 0.15) is 0 Å². The van der Waals surface area contributed by atoms with E-state index >= 15 is 0 Å². The van der Waals surface area contributed by atoms with Crippen LogP contribution in [0.25, 0.3) is 0 Å². The fourth-order valence-electron chi connectivity index (χ4n) is 3.07. The molecule has 2 aromatic carbocycles. The third-order valence-corrected chi connectivity index (χ3v) is 4.12. The summed E-state index contributed by atoms with van der Waals surface area (Å²) in [4.78, 5) is 12.7. The van der Waals surface area contributed by atoms with Crippen molar-refractivity contribution in [1.82, 2.24) is 0 Å². The lowest BCUT2D eigenvalue weighted by atomic mass is 9.63. The second kappa shape index (κ2) is 4.30. The smallest absolute Gasteiger partial charge is 0.423 e. The maximum absolute atomic E-state index is 12.7. The minimum absolute atomic E-state index is 0.140. The molecule has 20 heavy (non-hydrogen) atoms. The molecule has 0 aromatic heterocycles. The van der Waals surface area contributed by atoms with Crippen LogP contribution >= 0.6 is 0 Å². The molecule has 1 aliphatic rings. The number of carbonyl (C=O) groups excluding carboxylic acids is 1. The lowest BCUT2D eigenvalue weighted by molar-refractivity contribution is 0.103. The summed E-state index contributed by atoms with van der Waals surface area (Å²) in [5, 5.41) is 19.0. The number of benzene rings is 2. The highest BCUT2D eigenvalue weighted by molar-refractivity contribution is 6.60. The number of carbonyl (C=O) groups is 1. The van der Waals surface area contributed by atoms with Gasteiger partial charge < -0.3 is 10.0 Å². The minimum Gasteiger partial charge on any atom is -0.423 e.